The summed E-state index contributed by atoms with van der Waals surface area (Å²) < 4.78 is 5.62. The summed E-state index contributed by atoms with van der Waals surface area (Å²) in [6.45, 7) is 3.65. The van der Waals surface area contributed by atoms with Crippen LogP contribution >= 0.6 is 0 Å². The van der Waals surface area contributed by atoms with E-state index in [1.165, 1.54) is 19.3 Å². The lowest BCUT2D eigenvalue weighted by atomic mass is 9.91. The third-order valence-electron chi connectivity index (χ3n) is 3.82. The van der Waals surface area contributed by atoms with Crippen LogP contribution in [0.25, 0.3) is 0 Å². The molecule has 4 heteroatoms. The van der Waals surface area contributed by atoms with Crippen molar-refractivity contribution in [2.45, 2.75) is 31.2 Å². The molecule has 2 fully saturated rings. The smallest absolute Gasteiger partial charge is 0.191 e. The lowest BCUT2D eigenvalue weighted by Gasteiger charge is -2.41. The molecule has 0 aromatic carbocycles. The van der Waals surface area contributed by atoms with Gasteiger partial charge in [-0.2, -0.15) is 0 Å². The first-order chi connectivity index (χ1) is 7.30. The van der Waals surface area contributed by atoms with Gasteiger partial charge in [0.1, 0.15) is 0 Å². The molecular formula is C11H19N3O. The molecule has 0 amide bonds. The highest BCUT2D eigenvalue weighted by Crippen LogP contribution is 2.36. The van der Waals surface area contributed by atoms with Crippen LogP contribution in [0.4, 0.5) is 0 Å². The first-order valence-electron chi connectivity index (χ1n) is 5.95. The molecule has 2 aliphatic heterocycles. The van der Waals surface area contributed by atoms with Gasteiger partial charge in [0.2, 0.25) is 0 Å². The van der Waals surface area contributed by atoms with Gasteiger partial charge >= 0.3 is 0 Å². The molecule has 3 aliphatic rings. The quantitative estimate of drug-likeness (QED) is 0.723. The topological polar surface area (TPSA) is 50.9 Å². The standard InChI is InChI=1S/C11H19N3O/c12-10-13-7-11(4-1-5-15-8-11)14(10)6-9-2-3-9/h9H,1-8H2,(H2,12,13). The second-order valence-electron chi connectivity index (χ2n) is 5.11. The Morgan fingerprint density at radius 1 is 1.53 bits per heavy atom. The van der Waals surface area contributed by atoms with Crippen molar-refractivity contribution in [3.63, 3.8) is 0 Å². The van der Waals surface area contributed by atoms with Gasteiger partial charge in [0.15, 0.2) is 5.96 Å². The summed E-state index contributed by atoms with van der Waals surface area (Å²) in [6, 6.07) is 0. The van der Waals surface area contributed by atoms with Crippen molar-refractivity contribution < 1.29 is 4.74 Å². The minimum absolute atomic E-state index is 0.116. The number of ether oxygens (including phenoxy) is 1. The predicted molar refractivity (Wildman–Crippen MR) is 58.7 cm³/mol. The zero-order chi connectivity index (χ0) is 10.3. The fourth-order valence-corrected chi connectivity index (χ4v) is 2.66. The maximum atomic E-state index is 5.98. The van der Waals surface area contributed by atoms with Crippen molar-refractivity contribution in [3.8, 4) is 0 Å². The Labute approximate surface area is 90.5 Å². The first-order valence-corrected chi connectivity index (χ1v) is 5.95. The number of hydrogen-bond acceptors (Lipinski definition) is 4. The summed E-state index contributed by atoms with van der Waals surface area (Å²) >= 11 is 0. The molecule has 2 heterocycles. The van der Waals surface area contributed by atoms with Crippen molar-refractivity contribution in [1.82, 2.24) is 4.90 Å². The van der Waals surface area contributed by atoms with Gasteiger partial charge in [0, 0.05) is 13.2 Å². The van der Waals surface area contributed by atoms with Crippen LogP contribution in [0.15, 0.2) is 4.99 Å². The van der Waals surface area contributed by atoms with E-state index in [2.05, 4.69) is 9.89 Å². The Morgan fingerprint density at radius 3 is 3.07 bits per heavy atom. The van der Waals surface area contributed by atoms with Crippen LogP contribution in [-0.4, -0.2) is 42.7 Å². The zero-order valence-electron chi connectivity index (χ0n) is 9.11. The van der Waals surface area contributed by atoms with Crippen LogP contribution in [-0.2, 0) is 4.74 Å². The van der Waals surface area contributed by atoms with E-state index in [0.29, 0.717) is 0 Å². The van der Waals surface area contributed by atoms with E-state index in [1.807, 2.05) is 0 Å². The second-order valence-corrected chi connectivity index (χ2v) is 5.11. The Kier molecular flexibility index (Phi) is 2.12. The van der Waals surface area contributed by atoms with E-state index in [0.717, 1.165) is 44.6 Å². The monoisotopic (exact) mass is 209 g/mol. The Balaban J connectivity index is 1.75. The molecule has 1 saturated heterocycles. The molecular weight excluding hydrogens is 190 g/mol. The average Bonchev–Trinajstić information content (AvgIpc) is 3.03. The van der Waals surface area contributed by atoms with Crippen LogP contribution in [0.5, 0.6) is 0 Å². The van der Waals surface area contributed by atoms with Crippen LogP contribution in [0.2, 0.25) is 0 Å². The molecule has 15 heavy (non-hydrogen) atoms. The highest BCUT2D eigenvalue weighted by atomic mass is 16.5. The fourth-order valence-electron chi connectivity index (χ4n) is 2.66. The van der Waals surface area contributed by atoms with Gasteiger partial charge in [-0.1, -0.05) is 0 Å². The third kappa shape index (κ3) is 1.61. The van der Waals surface area contributed by atoms with Crippen LogP contribution in [0, 0.1) is 5.92 Å². The lowest BCUT2D eigenvalue weighted by Crippen LogP contribution is -2.56. The molecule has 1 aliphatic carbocycles. The molecule has 2 N–H and O–H groups in total. The summed E-state index contributed by atoms with van der Waals surface area (Å²) in [6.07, 6.45) is 5.05. The second kappa shape index (κ2) is 3.37. The molecule has 0 bridgehead atoms. The van der Waals surface area contributed by atoms with Crippen molar-refractivity contribution in [3.05, 3.63) is 0 Å². The minimum Gasteiger partial charge on any atom is -0.379 e. The van der Waals surface area contributed by atoms with E-state index in [4.69, 9.17) is 10.5 Å². The molecule has 1 unspecified atom stereocenters. The maximum Gasteiger partial charge on any atom is 0.191 e. The largest absolute Gasteiger partial charge is 0.379 e. The SMILES string of the molecule is NC1=NCC2(CCCOC2)N1CC1CC1. The first kappa shape index (κ1) is 9.46. The van der Waals surface area contributed by atoms with E-state index < -0.39 is 0 Å². The number of nitrogens with zero attached hydrogens (tertiary/aromatic N) is 2. The highest BCUT2D eigenvalue weighted by Gasteiger charge is 2.45. The fraction of sp³-hybridized carbons (Fsp3) is 0.909. The number of nitrogens with two attached hydrogens (primary N) is 1. The Morgan fingerprint density at radius 2 is 2.40 bits per heavy atom. The van der Waals surface area contributed by atoms with E-state index >= 15 is 0 Å². The van der Waals surface area contributed by atoms with Crippen molar-refractivity contribution in [2.24, 2.45) is 16.6 Å². The van der Waals surface area contributed by atoms with Gasteiger partial charge in [-0.15, -0.1) is 0 Å². The molecule has 0 aromatic heterocycles. The number of guanidine groups is 1. The number of hydrogen-bond donors (Lipinski definition) is 1. The van der Waals surface area contributed by atoms with Crippen LogP contribution in [0.1, 0.15) is 25.7 Å². The third-order valence-corrected chi connectivity index (χ3v) is 3.82. The van der Waals surface area contributed by atoms with Gasteiger partial charge in [-0.3, -0.25) is 4.99 Å². The van der Waals surface area contributed by atoms with Gasteiger partial charge in [-0.25, -0.2) is 0 Å². The number of aliphatic imine (C=N–C) groups is 1. The molecule has 0 radical (unpaired) electrons. The summed E-state index contributed by atoms with van der Waals surface area (Å²) in [4.78, 5) is 6.74. The van der Waals surface area contributed by atoms with Gasteiger partial charge < -0.3 is 15.4 Å². The minimum atomic E-state index is 0.116. The van der Waals surface area contributed by atoms with E-state index in [-0.39, 0.29) is 5.54 Å². The summed E-state index contributed by atoms with van der Waals surface area (Å²) in [5, 5.41) is 0. The summed E-state index contributed by atoms with van der Waals surface area (Å²) in [5.41, 5.74) is 6.10. The van der Waals surface area contributed by atoms with E-state index in [1.54, 1.807) is 0 Å². The highest BCUT2D eigenvalue weighted by molar-refractivity contribution is 5.81. The molecule has 84 valence electrons. The molecule has 1 saturated carbocycles. The van der Waals surface area contributed by atoms with Crippen molar-refractivity contribution in [2.75, 3.05) is 26.3 Å². The summed E-state index contributed by atoms with van der Waals surface area (Å²) in [5.74, 6) is 1.60. The van der Waals surface area contributed by atoms with E-state index in [9.17, 15) is 0 Å². The van der Waals surface area contributed by atoms with Gasteiger partial charge in [0.25, 0.3) is 0 Å². The Hall–Kier alpha value is -0.770. The lowest BCUT2D eigenvalue weighted by molar-refractivity contribution is -0.0105. The summed E-state index contributed by atoms with van der Waals surface area (Å²) in [7, 11) is 0. The molecule has 4 nitrogen and oxygen atoms in total. The normalized spacial score (nSPS) is 36.0. The maximum absolute atomic E-state index is 5.98. The van der Waals surface area contributed by atoms with Crippen molar-refractivity contribution >= 4 is 5.96 Å². The zero-order valence-corrected chi connectivity index (χ0v) is 9.11. The van der Waals surface area contributed by atoms with Gasteiger partial charge in [-0.05, 0) is 31.6 Å². The van der Waals surface area contributed by atoms with Crippen LogP contribution in [0.3, 0.4) is 0 Å². The predicted octanol–water partition coefficient (Wildman–Crippen LogP) is 0.576. The Bertz CT molecular complexity index is 280. The molecule has 1 atom stereocenters. The van der Waals surface area contributed by atoms with Gasteiger partial charge in [0.05, 0.1) is 18.7 Å². The molecule has 3 rings (SSSR count). The van der Waals surface area contributed by atoms with Crippen molar-refractivity contribution in [1.29, 1.82) is 0 Å². The molecule has 1 spiro atoms. The van der Waals surface area contributed by atoms with Crippen LogP contribution < -0.4 is 5.73 Å². The average molecular weight is 209 g/mol. The molecule has 0 aromatic rings. The number of rotatable bonds is 2.